The molecule has 1 N–H and O–H groups in total. The highest BCUT2D eigenvalue weighted by Crippen LogP contribution is 2.32. The Labute approximate surface area is 169 Å². The first-order valence-electron chi connectivity index (χ1n) is 7.69. The fourth-order valence-corrected chi connectivity index (χ4v) is 4.32. The highest BCUT2D eigenvalue weighted by molar-refractivity contribution is 7.20. The van der Waals surface area contributed by atoms with Crippen molar-refractivity contribution in [2.24, 2.45) is 0 Å². The lowest BCUT2D eigenvalue weighted by atomic mass is 10.3. The fraction of sp³-hybridized carbons (Fsp3) is 0.0625. The van der Waals surface area contributed by atoms with Gasteiger partial charge in [-0.3, -0.25) is 19.5 Å². The molecule has 0 bridgehead atoms. The summed E-state index contributed by atoms with van der Waals surface area (Å²) in [7, 11) is 0. The summed E-state index contributed by atoms with van der Waals surface area (Å²) in [6.45, 7) is -0.316. The van der Waals surface area contributed by atoms with E-state index in [-0.39, 0.29) is 17.8 Å². The second kappa shape index (κ2) is 7.19. The van der Waals surface area contributed by atoms with Crippen molar-refractivity contribution in [1.82, 2.24) is 9.55 Å². The summed E-state index contributed by atoms with van der Waals surface area (Å²) < 4.78 is 6.74. The van der Waals surface area contributed by atoms with Crippen molar-refractivity contribution in [3.8, 4) is 10.6 Å². The van der Waals surface area contributed by atoms with Crippen molar-refractivity contribution in [2.45, 2.75) is 6.54 Å². The summed E-state index contributed by atoms with van der Waals surface area (Å²) in [5, 5.41) is 15.6. The van der Waals surface area contributed by atoms with Crippen molar-refractivity contribution in [1.29, 1.82) is 0 Å². The van der Waals surface area contributed by atoms with E-state index in [1.165, 1.54) is 34.8 Å². The largest absolute Gasteiger partial charge is 0.420 e. The molecule has 3 aromatic heterocycles. The summed E-state index contributed by atoms with van der Waals surface area (Å²) in [6, 6.07) is 7.35. The number of halogens is 1. The van der Waals surface area contributed by atoms with Gasteiger partial charge in [-0.15, -0.1) is 22.7 Å². The Morgan fingerprint density at radius 2 is 2.18 bits per heavy atom. The van der Waals surface area contributed by atoms with Gasteiger partial charge >= 0.3 is 5.76 Å². The molecule has 0 aliphatic carbocycles. The van der Waals surface area contributed by atoms with Crippen molar-refractivity contribution in [3.63, 3.8) is 0 Å². The van der Waals surface area contributed by atoms with E-state index in [1.54, 1.807) is 11.4 Å². The van der Waals surface area contributed by atoms with Gasteiger partial charge in [0.05, 0.1) is 31.4 Å². The Balaban J connectivity index is 1.53. The summed E-state index contributed by atoms with van der Waals surface area (Å²) in [4.78, 5) is 39.8. The molecular formula is C16H9ClN4O5S2. The number of non-ortho nitro benzene ring substituents is 1. The van der Waals surface area contributed by atoms with Crippen LogP contribution in [0.25, 0.3) is 21.7 Å². The van der Waals surface area contributed by atoms with Crippen LogP contribution in [0.5, 0.6) is 0 Å². The predicted molar refractivity (Wildman–Crippen MR) is 106 cm³/mol. The molecule has 12 heteroatoms. The molecule has 1 amide bonds. The maximum absolute atomic E-state index is 12.3. The molecule has 0 fully saturated rings. The number of thiazole rings is 1. The number of thiophene rings is 1. The molecule has 0 radical (unpaired) electrons. The van der Waals surface area contributed by atoms with E-state index in [0.717, 1.165) is 15.5 Å². The molecule has 0 unspecified atom stereocenters. The normalized spacial score (nSPS) is 11.0. The van der Waals surface area contributed by atoms with E-state index in [4.69, 9.17) is 16.0 Å². The second-order valence-corrected chi connectivity index (χ2v) is 8.13. The molecule has 0 saturated heterocycles. The lowest BCUT2D eigenvalue weighted by molar-refractivity contribution is -0.384. The number of hydrogen-bond donors (Lipinski definition) is 1. The topological polar surface area (TPSA) is 120 Å². The van der Waals surface area contributed by atoms with E-state index in [1.807, 2.05) is 6.07 Å². The zero-order valence-electron chi connectivity index (χ0n) is 13.7. The summed E-state index contributed by atoms with van der Waals surface area (Å²) in [5.74, 6) is -1.26. The van der Waals surface area contributed by atoms with Gasteiger partial charge in [0.1, 0.15) is 6.54 Å². The van der Waals surface area contributed by atoms with E-state index in [9.17, 15) is 19.7 Å². The van der Waals surface area contributed by atoms with Gasteiger partial charge in [0, 0.05) is 11.4 Å². The number of rotatable bonds is 5. The third kappa shape index (κ3) is 3.54. The number of nitro groups is 1. The van der Waals surface area contributed by atoms with Gasteiger partial charge in [0.2, 0.25) is 5.91 Å². The van der Waals surface area contributed by atoms with Crippen LogP contribution in [-0.2, 0) is 11.3 Å². The second-order valence-electron chi connectivity index (χ2n) is 5.55. The first-order chi connectivity index (χ1) is 13.4. The van der Waals surface area contributed by atoms with Gasteiger partial charge in [-0.2, -0.15) is 0 Å². The number of carbonyl (C=O) groups is 1. The van der Waals surface area contributed by atoms with Crippen molar-refractivity contribution in [3.05, 3.63) is 60.7 Å². The Kier molecular flexibility index (Phi) is 4.71. The van der Waals surface area contributed by atoms with Gasteiger partial charge < -0.3 is 9.73 Å². The number of aromatic nitrogens is 2. The van der Waals surface area contributed by atoms with Crippen LogP contribution in [0.15, 0.2) is 44.9 Å². The van der Waals surface area contributed by atoms with Gasteiger partial charge in [-0.1, -0.05) is 11.6 Å². The smallest absolute Gasteiger partial charge is 0.407 e. The molecule has 0 saturated carbocycles. The minimum absolute atomic E-state index is 0.0399. The number of amides is 1. The lowest BCUT2D eigenvalue weighted by Crippen LogP contribution is -2.24. The van der Waals surface area contributed by atoms with Crippen molar-refractivity contribution < 1.29 is 14.1 Å². The molecule has 9 nitrogen and oxygen atoms in total. The van der Waals surface area contributed by atoms with Gasteiger partial charge in [0.15, 0.2) is 10.7 Å². The third-order valence-electron chi connectivity index (χ3n) is 3.74. The Morgan fingerprint density at radius 3 is 2.89 bits per heavy atom. The SMILES string of the molecule is O=C(Cn1c(=O)oc2cc([N+](=O)[O-])ccc21)Nc1nc(-c2ccc(Cl)s2)cs1. The average Bonchev–Trinajstić information content (AvgIpc) is 3.34. The van der Waals surface area contributed by atoms with Crippen molar-refractivity contribution in [2.75, 3.05) is 5.32 Å². The minimum atomic E-state index is -0.779. The minimum Gasteiger partial charge on any atom is -0.407 e. The molecule has 28 heavy (non-hydrogen) atoms. The summed E-state index contributed by atoms with van der Waals surface area (Å²) >= 11 is 8.53. The standard InChI is InChI=1S/C16H9ClN4O5S2/c17-13-4-3-12(28-13)9-7-27-15(18-9)19-14(22)6-20-10-2-1-8(21(24)25)5-11(10)26-16(20)23/h1-5,7H,6H2,(H,18,19,22). The molecule has 1 aromatic carbocycles. The molecule has 4 aromatic rings. The van der Waals surface area contributed by atoms with Crippen LogP contribution in [0, 0.1) is 10.1 Å². The Morgan fingerprint density at radius 1 is 1.36 bits per heavy atom. The van der Waals surface area contributed by atoms with Gasteiger partial charge in [-0.05, 0) is 18.2 Å². The van der Waals surface area contributed by atoms with E-state index in [2.05, 4.69) is 10.3 Å². The number of carbonyl (C=O) groups excluding carboxylic acids is 1. The fourth-order valence-electron chi connectivity index (χ4n) is 2.52. The molecule has 4 rings (SSSR count). The summed E-state index contributed by atoms with van der Waals surface area (Å²) in [6.07, 6.45) is 0. The number of nitrogens with one attached hydrogen (secondary N) is 1. The van der Waals surface area contributed by atoms with Gasteiger partial charge in [0.25, 0.3) is 5.69 Å². The molecule has 0 aliphatic heterocycles. The number of benzene rings is 1. The van der Waals surface area contributed by atoms with Crippen molar-refractivity contribution >= 4 is 62.1 Å². The number of nitro benzene ring substituents is 1. The predicted octanol–water partition coefficient (Wildman–Crippen LogP) is 3.98. The Hall–Kier alpha value is -3.02. The van der Waals surface area contributed by atoms with Crippen LogP contribution < -0.4 is 11.1 Å². The average molecular weight is 437 g/mol. The van der Waals surface area contributed by atoms with Crippen LogP contribution in [0.3, 0.4) is 0 Å². The maximum Gasteiger partial charge on any atom is 0.420 e. The van der Waals surface area contributed by atoms with Crippen LogP contribution in [0.2, 0.25) is 4.34 Å². The van der Waals surface area contributed by atoms with Gasteiger partial charge in [-0.25, -0.2) is 9.78 Å². The first kappa shape index (κ1) is 18.3. The molecule has 3 heterocycles. The summed E-state index contributed by atoms with van der Waals surface area (Å²) in [5.41, 5.74) is 0.814. The molecule has 0 atom stereocenters. The molecule has 0 spiro atoms. The van der Waals surface area contributed by atoms with Crippen LogP contribution in [-0.4, -0.2) is 20.4 Å². The first-order valence-corrected chi connectivity index (χ1v) is 9.77. The molecule has 0 aliphatic rings. The zero-order chi connectivity index (χ0) is 19.8. The third-order valence-corrected chi connectivity index (χ3v) is 5.75. The number of oxazole rings is 1. The molecular weight excluding hydrogens is 428 g/mol. The van der Waals surface area contributed by atoms with Crippen LogP contribution in [0.1, 0.15) is 0 Å². The van der Waals surface area contributed by atoms with Crippen LogP contribution >= 0.6 is 34.3 Å². The van der Waals surface area contributed by atoms with E-state index < -0.39 is 16.6 Å². The van der Waals surface area contributed by atoms with E-state index >= 15 is 0 Å². The lowest BCUT2D eigenvalue weighted by Gasteiger charge is -2.02. The Bertz CT molecular complexity index is 1270. The quantitative estimate of drug-likeness (QED) is 0.373. The number of anilines is 1. The van der Waals surface area contributed by atoms with E-state index in [0.29, 0.717) is 20.7 Å². The highest BCUT2D eigenvalue weighted by Gasteiger charge is 2.17. The highest BCUT2D eigenvalue weighted by atomic mass is 35.5. The number of fused-ring (bicyclic) bond motifs is 1. The zero-order valence-corrected chi connectivity index (χ0v) is 16.1. The molecule has 142 valence electrons. The monoisotopic (exact) mass is 436 g/mol. The number of hydrogen-bond acceptors (Lipinski definition) is 8. The van der Waals surface area contributed by atoms with Crippen LogP contribution in [0.4, 0.5) is 10.8 Å². The number of nitrogens with zero attached hydrogens (tertiary/aromatic N) is 3. The maximum atomic E-state index is 12.3.